The lowest BCUT2D eigenvalue weighted by atomic mass is 10.0. The Morgan fingerprint density at radius 1 is 1.27 bits per heavy atom. The molecule has 0 saturated heterocycles. The molecule has 0 atom stereocenters. The molecular weight excluding hydrogens is 196 g/mol. The van der Waals surface area contributed by atoms with Crippen molar-refractivity contribution in [1.29, 1.82) is 0 Å². The van der Waals surface area contributed by atoms with Crippen molar-refractivity contribution in [1.82, 2.24) is 0 Å². The van der Waals surface area contributed by atoms with Crippen LogP contribution in [0.3, 0.4) is 0 Å². The van der Waals surface area contributed by atoms with Gasteiger partial charge >= 0.3 is 0 Å². The maximum Gasteiger partial charge on any atom is 0.260 e. The number of nitrogens with two attached hydrogens (primary N) is 1. The molecule has 3 heteroatoms. The molecule has 2 N–H and O–H groups in total. The third-order valence-electron chi connectivity index (χ3n) is 2.48. The van der Waals surface area contributed by atoms with E-state index in [-0.39, 0.29) is 6.42 Å². The van der Waals surface area contributed by atoms with E-state index in [4.69, 9.17) is 5.73 Å². The highest BCUT2D eigenvalue weighted by Gasteiger charge is 2.25. The Morgan fingerprint density at radius 3 is 2.53 bits per heavy atom. The SMILES string of the molecule is CCc1cccc(CCC(F)(F)CN)c1. The molecule has 0 aliphatic rings. The summed E-state index contributed by atoms with van der Waals surface area (Å²) in [6, 6.07) is 7.78. The van der Waals surface area contributed by atoms with Crippen LogP contribution in [-0.4, -0.2) is 12.5 Å². The van der Waals surface area contributed by atoms with E-state index in [2.05, 4.69) is 0 Å². The molecular formula is C12H17F2N. The summed E-state index contributed by atoms with van der Waals surface area (Å²) < 4.78 is 25.8. The van der Waals surface area contributed by atoms with E-state index in [1.807, 2.05) is 31.2 Å². The van der Waals surface area contributed by atoms with Crippen molar-refractivity contribution in [2.75, 3.05) is 6.54 Å². The summed E-state index contributed by atoms with van der Waals surface area (Å²) >= 11 is 0. The largest absolute Gasteiger partial charge is 0.325 e. The fourth-order valence-electron chi connectivity index (χ4n) is 1.43. The third-order valence-corrected chi connectivity index (χ3v) is 2.48. The first-order chi connectivity index (χ1) is 7.07. The van der Waals surface area contributed by atoms with Crippen LogP contribution < -0.4 is 5.73 Å². The van der Waals surface area contributed by atoms with E-state index in [0.29, 0.717) is 6.42 Å². The second-order valence-electron chi connectivity index (χ2n) is 3.73. The van der Waals surface area contributed by atoms with Gasteiger partial charge in [-0.15, -0.1) is 0 Å². The van der Waals surface area contributed by atoms with Crippen LogP contribution in [0.25, 0.3) is 0 Å². The van der Waals surface area contributed by atoms with E-state index < -0.39 is 12.5 Å². The van der Waals surface area contributed by atoms with Crippen molar-refractivity contribution in [2.24, 2.45) is 5.73 Å². The summed E-state index contributed by atoms with van der Waals surface area (Å²) in [5.41, 5.74) is 7.12. The number of alkyl halides is 2. The van der Waals surface area contributed by atoms with Gasteiger partial charge in [0.05, 0.1) is 6.54 Å². The zero-order chi connectivity index (χ0) is 11.3. The zero-order valence-electron chi connectivity index (χ0n) is 8.97. The number of rotatable bonds is 5. The number of hydrogen-bond acceptors (Lipinski definition) is 1. The molecule has 0 amide bonds. The molecule has 0 aliphatic carbocycles. The smallest absolute Gasteiger partial charge is 0.260 e. The zero-order valence-corrected chi connectivity index (χ0v) is 8.97. The quantitative estimate of drug-likeness (QED) is 0.799. The van der Waals surface area contributed by atoms with Crippen LogP contribution >= 0.6 is 0 Å². The highest BCUT2D eigenvalue weighted by atomic mass is 19.3. The Balaban J connectivity index is 2.57. The predicted octanol–water partition coefficient (Wildman–Crippen LogP) is 2.78. The number of benzene rings is 1. The molecule has 0 heterocycles. The van der Waals surface area contributed by atoms with Crippen LogP contribution in [0, 0.1) is 0 Å². The van der Waals surface area contributed by atoms with Gasteiger partial charge in [-0.1, -0.05) is 31.2 Å². The van der Waals surface area contributed by atoms with E-state index in [0.717, 1.165) is 12.0 Å². The van der Waals surface area contributed by atoms with Crippen molar-refractivity contribution in [3.05, 3.63) is 35.4 Å². The number of halogens is 2. The average molecular weight is 213 g/mol. The van der Waals surface area contributed by atoms with Gasteiger partial charge in [0, 0.05) is 6.42 Å². The summed E-state index contributed by atoms with van der Waals surface area (Å²) in [7, 11) is 0. The summed E-state index contributed by atoms with van der Waals surface area (Å²) in [6.45, 7) is 1.48. The van der Waals surface area contributed by atoms with Gasteiger partial charge in [-0.2, -0.15) is 0 Å². The fraction of sp³-hybridized carbons (Fsp3) is 0.500. The van der Waals surface area contributed by atoms with Crippen LogP contribution in [0.15, 0.2) is 24.3 Å². The van der Waals surface area contributed by atoms with Crippen LogP contribution in [-0.2, 0) is 12.8 Å². The second-order valence-corrected chi connectivity index (χ2v) is 3.73. The third kappa shape index (κ3) is 3.96. The van der Waals surface area contributed by atoms with Gasteiger partial charge in [-0.3, -0.25) is 0 Å². The minimum absolute atomic E-state index is 0.170. The van der Waals surface area contributed by atoms with Crippen molar-refractivity contribution in [3.8, 4) is 0 Å². The van der Waals surface area contributed by atoms with Crippen molar-refractivity contribution in [3.63, 3.8) is 0 Å². The summed E-state index contributed by atoms with van der Waals surface area (Å²) in [5.74, 6) is -2.73. The standard InChI is InChI=1S/C12H17F2N/c1-2-10-4-3-5-11(8-10)6-7-12(13,14)9-15/h3-5,8H,2,6-7,9,15H2,1H3. The minimum Gasteiger partial charge on any atom is -0.325 e. The highest BCUT2D eigenvalue weighted by molar-refractivity contribution is 5.23. The Morgan fingerprint density at radius 2 is 1.93 bits per heavy atom. The topological polar surface area (TPSA) is 26.0 Å². The molecule has 0 aliphatic heterocycles. The van der Waals surface area contributed by atoms with Crippen LogP contribution in [0.4, 0.5) is 8.78 Å². The van der Waals surface area contributed by atoms with Crippen LogP contribution in [0.5, 0.6) is 0 Å². The van der Waals surface area contributed by atoms with E-state index in [9.17, 15) is 8.78 Å². The van der Waals surface area contributed by atoms with E-state index >= 15 is 0 Å². The van der Waals surface area contributed by atoms with Crippen molar-refractivity contribution < 1.29 is 8.78 Å². The van der Waals surface area contributed by atoms with Crippen molar-refractivity contribution in [2.45, 2.75) is 32.1 Å². The molecule has 0 fully saturated rings. The molecule has 0 radical (unpaired) electrons. The molecule has 1 rings (SSSR count). The van der Waals surface area contributed by atoms with Gasteiger partial charge in [-0.25, -0.2) is 8.78 Å². The lowest BCUT2D eigenvalue weighted by Crippen LogP contribution is -2.28. The Kier molecular flexibility index (Phi) is 4.21. The first kappa shape index (κ1) is 12.1. The molecule has 0 unspecified atom stereocenters. The van der Waals surface area contributed by atoms with Gasteiger partial charge in [-0.05, 0) is 24.0 Å². The molecule has 0 saturated carbocycles. The lowest BCUT2D eigenvalue weighted by molar-refractivity contribution is 0.00246. The van der Waals surface area contributed by atoms with E-state index in [1.165, 1.54) is 5.56 Å². The Hall–Kier alpha value is -0.960. The number of aryl methyl sites for hydroxylation is 2. The molecule has 15 heavy (non-hydrogen) atoms. The van der Waals surface area contributed by atoms with Gasteiger partial charge in [0.2, 0.25) is 0 Å². The molecule has 1 nitrogen and oxygen atoms in total. The molecule has 0 aromatic heterocycles. The molecule has 1 aromatic carbocycles. The Bertz CT molecular complexity index is 310. The highest BCUT2D eigenvalue weighted by Crippen LogP contribution is 2.19. The monoisotopic (exact) mass is 213 g/mol. The van der Waals surface area contributed by atoms with Gasteiger partial charge in [0.1, 0.15) is 0 Å². The summed E-state index contributed by atoms with van der Waals surface area (Å²) in [5, 5.41) is 0. The van der Waals surface area contributed by atoms with Gasteiger partial charge in [0.15, 0.2) is 0 Å². The van der Waals surface area contributed by atoms with Crippen LogP contribution in [0.2, 0.25) is 0 Å². The first-order valence-corrected chi connectivity index (χ1v) is 5.23. The lowest BCUT2D eigenvalue weighted by Gasteiger charge is -2.13. The van der Waals surface area contributed by atoms with Gasteiger partial charge in [0.25, 0.3) is 5.92 Å². The van der Waals surface area contributed by atoms with Gasteiger partial charge < -0.3 is 5.73 Å². The van der Waals surface area contributed by atoms with E-state index in [1.54, 1.807) is 0 Å². The molecule has 84 valence electrons. The summed E-state index contributed by atoms with van der Waals surface area (Å²) in [6.07, 6.45) is 1.15. The Labute approximate surface area is 89.3 Å². The maximum atomic E-state index is 12.9. The van der Waals surface area contributed by atoms with Crippen LogP contribution in [0.1, 0.15) is 24.5 Å². The molecule has 1 aromatic rings. The maximum absolute atomic E-state index is 12.9. The fourth-order valence-corrected chi connectivity index (χ4v) is 1.43. The molecule has 0 bridgehead atoms. The molecule has 0 spiro atoms. The normalized spacial score (nSPS) is 11.7. The average Bonchev–Trinajstić information content (AvgIpc) is 2.27. The summed E-state index contributed by atoms with van der Waals surface area (Å²) in [4.78, 5) is 0. The second kappa shape index (κ2) is 5.21. The minimum atomic E-state index is -2.73. The predicted molar refractivity (Wildman–Crippen MR) is 58.1 cm³/mol. The first-order valence-electron chi connectivity index (χ1n) is 5.23. The number of hydrogen-bond donors (Lipinski definition) is 1. The van der Waals surface area contributed by atoms with Crippen molar-refractivity contribution >= 4 is 0 Å².